The van der Waals surface area contributed by atoms with Crippen molar-refractivity contribution in [1.82, 2.24) is 14.9 Å². The molecule has 2 aliphatic carbocycles. The van der Waals surface area contributed by atoms with E-state index in [0.717, 1.165) is 19.3 Å². The number of halogens is 3. The van der Waals surface area contributed by atoms with E-state index in [1.54, 1.807) is 6.92 Å². The number of aliphatic imine (C=N–C) groups is 2. The third kappa shape index (κ3) is 6.42. The van der Waals surface area contributed by atoms with Crippen molar-refractivity contribution in [2.24, 2.45) is 21.6 Å². The minimum absolute atomic E-state index is 0.0234. The topological polar surface area (TPSA) is 130 Å². The van der Waals surface area contributed by atoms with Gasteiger partial charge in [-0.25, -0.2) is 14.4 Å². The van der Waals surface area contributed by atoms with E-state index in [1.807, 2.05) is 4.57 Å². The Labute approximate surface area is 225 Å². The van der Waals surface area contributed by atoms with Gasteiger partial charge in [0.25, 0.3) is 0 Å². The number of aliphatic hydroxyl groups is 1. The molecule has 200 valence electrons. The van der Waals surface area contributed by atoms with Gasteiger partial charge in [-0.1, -0.05) is 23.2 Å². The average molecular weight is 552 g/mol. The molecule has 1 amide bonds. The van der Waals surface area contributed by atoms with Crippen LogP contribution in [0.15, 0.2) is 22.1 Å². The van der Waals surface area contributed by atoms with Crippen molar-refractivity contribution in [3.63, 3.8) is 0 Å². The van der Waals surface area contributed by atoms with Gasteiger partial charge in [-0.15, -0.1) is 0 Å². The van der Waals surface area contributed by atoms with E-state index in [1.165, 1.54) is 12.1 Å². The second kappa shape index (κ2) is 11.8. The third-order valence-electron chi connectivity index (χ3n) is 7.10. The van der Waals surface area contributed by atoms with E-state index in [-0.39, 0.29) is 45.7 Å². The molecular formula is C25H32Cl2FN7O2. The molecule has 0 radical (unpaired) electrons. The van der Waals surface area contributed by atoms with E-state index >= 15 is 0 Å². The van der Waals surface area contributed by atoms with Crippen LogP contribution < -0.4 is 16.4 Å². The molecule has 1 heterocycles. The monoisotopic (exact) mass is 551 g/mol. The normalized spacial score (nSPS) is 24.5. The maximum atomic E-state index is 14.8. The molecule has 1 aromatic carbocycles. The minimum Gasteiger partial charge on any atom is -0.393 e. The smallest absolute Gasteiger partial charge is 0.224 e. The van der Waals surface area contributed by atoms with E-state index < -0.39 is 5.82 Å². The summed E-state index contributed by atoms with van der Waals surface area (Å²) < 4.78 is 16.7. The molecular weight excluding hydrogens is 520 g/mol. The standard InChI is InChI=1S/C25H32Cl2FN7O2/c1-13-23(34-24(30-2)32-16-4-3-5-18(36)12-16)35(17-8-6-14(7-9-17)22(29)37)25(31-13)33-21-19(27)10-15(26)11-20(21)28/h10-11,14,16-18,36H,2-9,12H2,1H3,(H2,29,37)(H,31,33)(H,32,34)/t14-,16-,17+,18+/m0/s1. The van der Waals surface area contributed by atoms with E-state index in [0.29, 0.717) is 55.5 Å². The second-order valence-electron chi connectivity index (χ2n) is 9.75. The first-order chi connectivity index (χ1) is 17.7. The van der Waals surface area contributed by atoms with Crippen LogP contribution in [0.4, 0.5) is 21.8 Å². The maximum Gasteiger partial charge on any atom is 0.224 e. The fraction of sp³-hybridized carbons (Fsp3) is 0.520. The number of carbonyl (C=O) groups excluding carboxylic acids is 1. The summed E-state index contributed by atoms with van der Waals surface area (Å²) in [6.45, 7) is 5.47. The first kappa shape index (κ1) is 27.3. The number of aryl methyl sites for hydroxylation is 1. The Morgan fingerprint density at radius 2 is 1.97 bits per heavy atom. The largest absolute Gasteiger partial charge is 0.393 e. The predicted octanol–water partition coefficient (Wildman–Crippen LogP) is 5.18. The van der Waals surface area contributed by atoms with Gasteiger partial charge < -0.3 is 21.5 Å². The van der Waals surface area contributed by atoms with Crippen LogP contribution in [-0.2, 0) is 4.79 Å². The molecule has 2 saturated carbocycles. The van der Waals surface area contributed by atoms with Crippen LogP contribution in [0, 0.1) is 18.7 Å². The number of nitrogens with one attached hydrogen (secondary N) is 2. The molecule has 5 N–H and O–H groups in total. The van der Waals surface area contributed by atoms with Gasteiger partial charge in [0.2, 0.25) is 17.8 Å². The number of nitrogens with zero attached hydrogens (tertiary/aromatic N) is 4. The molecule has 0 bridgehead atoms. The van der Waals surface area contributed by atoms with Crippen molar-refractivity contribution in [3.05, 3.63) is 33.7 Å². The Balaban J connectivity index is 1.71. The highest BCUT2D eigenvalue weighted by molar-refractivity contribution is 6.36. The lowest BCUT2D eigenvalue weighted by Crippen LogP contribution is -2.39. The molecule has 0 aliphatic heterocycles. The van der Waals surface area contributed by atoms with Crippen molar-refractivity contribution in [2.75, 3.05) is 5.32 Å². The van der Waals surface area contributed by atoms with Gasteiger partial charge in [0, 0.05) is 23.0 Å². The van der Waals surface area contributed by atoms with Gasteiger partial charge in [-0.05, 0) is 77.1 Å². The zero-order valence-corrected chi connectivity index (χ0v) is 22.2. The first-order valence-electron chi connectivity index (χ1n) is 12.5. The second-order valence-corrected chi connectivity index (χ2v) is 10.6. The van der Waals surface area contributed by atoms with Crippen molar-refractivity contribution >= 4 is 59.2 Å². The average Bonchev–Trinajstić information content (AvgIpc) is 3.15. The number of amides is 1. The summed E-state index contributed by atoms with van der Waals surface area (Å²) in [4.78, 5) is 25.2. The van der Waals surface area contributed by atoms with Crippen LogP contribution in [0.25, 0.3) is 0 Å². The Hall–Kier alpha value is -2.69. The summed E-state index contributed by atoms with van der Waals surface area (Å²) in [6, 6.07) is 2.58. The number of imidazole rings is 1. The lowest BCUT2D eigenvalue weighted by molar-refractivity contribution is -0.122. The van der Waals surface area contributed by atoms with Gasteiger partial charge in [0.15, 0.2) is 5.82 Å². The van der Waals surface area contributed by atoms with Gasteiger partial charge >= 0.3 is 0 Å². The number of guanidine groups is 1. The summed E-state index contributed by atoms with van der Waals surface area (Å²) in [5.74, 6) is 0.107. The highest BCUT2D eigenvalue weighted by Gasteiger charge is 2.30. The van der Waals surface area contributed by atoms with Gasteiger partial charge in [-0.2, -0.15) is 4.99 Å². The van der Waals surface area contributed by atoms with E-state index in [2.05, 4.69) is 27.3 Å². The summed E-state index contributed by atoms with van der Waals surface area (Å²) in [5.41, 5.74) is 6.19. The highest BCUT2D eigenvalue weighted by atomic mass is 35.5. The van der Waals surface area contributed by atoms with Gasteiger partial charge in [0.1, 0.15) is 5.82 Å². The van der Waals surface area contributed by atoms with Crippen LogP contribution in [0.1, 0.15) is 63.1 Å². The Morgan fingerprint density at radius 3 is 2.59 bits per heavy atom. The molecule has 0 saturated heterocycles. The summed E-state index contributed by atoms with van der Waals surface area (Å²) in [6.07, 6.45) is 5.40. The first-order valence-corrected chi connectivity index (χ1v) is 13.2. The van der Waals surface area contributed by atoms with Crippen LogP contribution >= 0.6 is 23.2 Å². The minimum atomic E-state index is -0.613. The number of hydrogen-bond donors (Lipinski definition) is 4. The molecule has 2 fully saturated rings. The SMILES string of the molecule is C=N/C(=N\c1c(C)nc(Nc2c(F)cc(Cl)cc2Cl)n1[C@H]1CC[C@@H](C(N)=O)CC1)N[C@H]1CCC[C@@H](O)C1. The Kier molecular flexibility index (Phi) is 8.71. The molecule has 2 aliphatic rings. The third-order valence-corrected chi connectivity index (χ3v) is 7.62. The van der Waals surface area contributed by atoms with Crippen molar-refractivity contribution in [3.8, 4) is 0 Å². The fourth-order valence-electron chi connectivity index (χ4n) is 5.19. The number of aliphatic hydroxyl groups excluding tert-OH is 1. The number of aromatic nitrogens is 2. The zero-order valence-electron chi connectivity index (χ0n) is 20.7. The number of hydrogen-bond acceptors (Lipinski definition) is 5. The van der Waals surface area contributed by atoms with Crippen molar-refractivity contribution in [2.45, 2.75) is 76.5 Å². The van der Waals surface area contributed by atoms with Crippen molar-refractivity contribution < 1.29 is 14.3 Å². The maximum absolute atomic E-state index is 14.8. The molecule has 1 aromatic heterocycles. The Morgan fingerprint density at radius 1 is 1.24 bits per heavy atom. The lowest BCUT2D eigenvalue weighted by Gasteiger charge is -2.30. The summed E-state index contributed by atoms with van der Waals surface area (Å²) in [5, 5.41) is 16.7. The van der Waals surface area contributed by atoms with E-state index in [4.69, 9.17) is 33.9 Å². The molecule has 9 nitrogen and oxygen atoms in total. The molecule has 0 unspecified atom stereocenters. The Bertz CT molecular complexity index is 1170. The van der Waals surface area contributed by atoms with Gasteiger partial charge in [0.05, 0.1) is 22.5 Å². The summed E-state index contributed by atoms with van der Waals surface area (Å²) in [7, 11) is 0. The van der Waals surface area contributed by atoms with Crippen LogP contribution in [0.2, 0.25) is 10.0 Å². The number of anilines is 2. The number of primary amides is 1. The molecule has 2 aromatic rings. The number of benzene rings is 1. The van der Waals surface area contributed by atoms with E-state index in [9.17, 15) is 14.3 Å². The fourth-order valence-corrected chi connectivity index (χ4v) is 5.71. The quantitative estimate of drug-likeness (QED) is 0.290. The number of carbonyl (C=O) groups is 1. The van der Waals surface area contributed by atoms with Crippen LogP contribution in [-0.4, -0.2) is 45.4 Å². The van der Waals surface area contributed by atoms with Crippen molar-refractivity contribution in [1.29, 1.82) is 0 Å². The van der Waals surface area contributed by atoms with Crippen LogP contribution in [0.5, 0.6) is 0 Å². The predicted molar refractivity (Wildman–Crippen MR) is 145 cm³/mol. The highest BCUT2D eigenvalue weighted by Crippen LogP contribution is 2.40. The number of rotatable bonds is 6. The molecule has 0 spiro atoms. The molecule has 12 heteroatoms. The van der Waals surface area contributed by atoms with Crippen LogP contribution in [0.3, 0.4) is 0 Å². The lowest BCUT2D eigenvalue weighted by atomic mass is 9.85. The van der Waals surface area contributed by atoms with Gasteiger partial charge in [-0.3, -0.25) is 9.36 Å². The zero-order chi connectivity index (χ0) is 26.7. The molecule has 2 atom stereocenters. The molecule has 4 rings (SSSR count). The number of nitrogens with two attached hydrogens (primary N) is 1. The summed E-state index contributed by atoms with van der Waals surface area (Å²) >= 11 is 12.2. The molecule has 37 heavy (non-hydrogen) atoms.